The molecule has 0 spiro atoms. The third kappa shape index (κ3) is 19.2. The number of benzene rings is 2. The molecule has 0 saturated carbocycles. The molecular weight excluding hydrogens is 1130 g/mol. The first-order valence-electron chi connectivity index (χ1n) is 25.2. The fourth-order valence-corrected chi connectivity index (χ4v) is 11.4. The highest BCUT2D eigenvalue weighted by atomic mass is 32.2. The fraction of sp³-hybridized carbons (Fsp3) is 0.592. The summed E-state index contributed by atoms with van der Waals surface area (Å²) in [5.41, 5.74) is 0.0686. The highest BCUT2D eigenvalue weighted by molar-refractivity contribution is 7.86. The molecule has 26 nitrogen and oxygen atoms in total. The molecule has 1 saturated heterocycles. The van der Waals surface area contributed by atoms with Gasteiger partial charge in [0.25, 0.3) is 52.3 Å². The predicted molar refractivity (Wildman–Crippen MR) is 281 cm³/mol. The predicted octanol–water partition coefficient (Wildman–Crippen LogP) is 2.83. The lowest BCUT2D eigenvalue weighted by molar-refractivity contribution is -0.442. The van der Waals surface area contributed by atoms with Crippen LogP contribution in [0.3, 0.4) is 0 Å². The van der Waals surface area contributed by atoms with E-state index in [0.717, 1.165) is 0 Å². The second-order valence-corrected chi connectivity index (χ2v) is 24.8. The molecule has 30 heteroatoms. The van der Waals surface area contributed by atoms with Crippen molar-refractivity contribution in [1.29, 1.82) is 0 Å². The number of fused-ring (bicyclic) bond motifs is 2. The monoisotopic (exact) mass is 1200 g/mol. The van der Waals surface area contributed by atoms with E-state index in [-0.39, 0.29) is 97.7 Å². The lowest BCUT2D eigenvalue weighted by Gasteiger charge is -2.30. The van der Waals surface area contributed by atoms with Gasteiger partial charge in [-0.15, -0.1) is 5.06 Å². The minimum absolute atomic E-state index is 0.0129. The van der Waals surface area contributed by atoms with E-state index in [4.69, 9.17) is 38.0 Å². The zero-order chi connectivity index (χ0) is 58.1. The number of allylic oxidation sites excluding steroid dienone is 4. The van der Waals surface area contributed by atoms with E-state index in [1.54, 1.807) is 43.8 Å². The van der Waals surface area contributed by atoms with E-state index >= 15 is 0 Å². The van der Waals surface area contributed by atoms with Crippen molar-refractivity contribution in [2.75, 3.05) is 122 Å². The number of ether oxygens (including phenoxy) is 7. The number of hydrogen-bond donors (Lipinski definition) is 4. The molecule has 3 aliphatic rings. The second-order valence-electron chi connectivity index (χ2n) is 18.8. The first-order chi connectivity index (χ1) is 37.2. The minimum atomic E-state index is -4.78. The zero-order valence-corrected chi connectivity index (χ0v) is 47.5. The van der Waals surface area contributed by atoms with Crippen molar-refractivity contribution in [3.05, 3.63) is 71.5 Å². The Morgan fingerprint density at radius 3 is 1.63 bits per heavy atom. The van der Waals surface area contributed by atoms with Crippen molar-refractivity contribution in [2.24, 2.45) is 0 Å². The SMILES string of the molecule is COCCOCCOCCOCCOCCOCCN1C(=CC=CC2=[N+](CCOCCC(=O)ON3C(=O)CCC3=O)c3ccc(S(=O)(=O)O)cc3C2(C)CCCS(=O)(=O)O)C(C)(CCCS(=O)(=O)O)c2cc(S(=O)(=O)O)ccc21. The average Bonchev–Trinajstić information content (AvgIpc) is 4.13. The first-order valence-corrected chi connectivity index (χ1v) is 31.3. The fourth-order valence-electron chi connectivity index (χ4n) is 9.34. The van der Waals surface area contributed by atoms with Gasteiger partial charge < -0.3 is 42.9 Å². The number of hydroxylamine groups is 2. The summed E-state index contributed by atoms with van der Waals surface area (Å²) >= 11 is 0. The van der Waals surface area contributed by atoms with Crippen LogP contribution in [0.1, 0.15) is 69.9 Å². The van der Waals surface area contributed by atoms with Gasteiger partial charge in [0.2, 0.25) is 5.69 Å². The van der Waals surface area contributed by atoms with Crippen LogP contribution in [0.25, 0.3) is 0 Å². The van der Waals surface area contributed by atoms with Gasteiger partial charge in [-0.3, -0.25) is 27.8 Å². The number of hydrogen-bond acceptors (Lipinski definition) is 20. The molecule has 2 amide bonds. The smallest absolute Gasteiger partial charge is 0.335 e. The molecule has 2 atom stereocenters. The van der Waals surface area contributed by atoms with Crippen LogP contribution in [0, 0.1) is 0 Å². The third-order valence-corrected chi connectivity index (χ3v) is 16.5. The van der Waals surface area contributed by atoms with Gasteiger partial charge in [-0.2, -0.15) is 38.2 Å². The summed E-state index contributed by atoms with van der Waals surface area (Å²) < 4.78 is 178. The lowest BCUT2D eigenvalue weighted by atomic mass is 9.75. The Labute approximate surface area is 460 Å². The molecule has 1 fully saturated rings. The number of rotatable bonds is 37. The number of carbonyl (C=O) groups excluding carboxylic acids is 3. The average molecular weight is 1200 g/mol. The molecule has 2 aromatic rings. The molecule has 0 bridgehead atoms. The number of carbonyl (C=O) groups is 3. The summed E-state index contributed by atoms with van der Waals surface area (Å²) in [6, 6.07) is 7.84. The largest absolute Gasteiger partial charge is 0.382 e. The summed E-state index contributed by atoms with van der Waals surface area (Å²) in [5.74, 6) is -3.54. The highest BCUT2D eigenvalue weighted by Crippen LogP contribution is 2.51. The molecule has 4 N–H and O–H groups in total. The summed E-state index contributed by atoms with van der Waals surface area (Å²) in [6.07, 6.45) is 4.18. The normalized spacial score (nSPS) is 19.4. The van der Waals surface area contributed by atoms with Crippen LogP contribution in [0.4, 0.5) is 11.4 Å². The Hall–Kier alpha value is -4.64. The summed E-state index contributed by atoms with van der Waals surface area (Å²) in [7, 11) is -16.9. The molecular formula is C49H70N3O23S4+. The van der Waals surface area contributed by atoms with Gasteiger partial charge in [-0.05, 0) is 81.5 Å². The molecule has 79 heavy (non-hydrogen) atoms. The van der Waals surface area contributed by atoms with Crippen LogP contribution >= 0.6 is 0 Å². The third-order valence-electron chi connectivity index (χ3n) is 13.2. The Morgan fingerprint density at radius 1 is 0.633 bits per heavy atom. The molecule has 3 aliphatic heterocycles. The second kappa shape index (κ2) is 29.4. The zero-order valence-electron chi connectivity index (χ0n) is 44.2. The maximum Gasteiger partial charge on any atom is 0.335 e. The van der Waals surface area contributed by atoms with Crippen LogP contribution in [0.5, 0.6) is 0 Å². The van der Waals surface area contributed by atoms with Crippen molar-refractivity contribution in [3.63, 3.8) is 0 Å². The lowest BCUT2D eigenvalue weighted by Crippen LogP contribution is -2.33. The van der Waals surface area contributed by atoms with Crippen molar-refractivity contribution < 1.29 is 109 Å². The standard InChI is InChI=1S/C49H69N3O23S4/c1-48(16-5-33-76(56,57)58)39-35-37(78(62,63)64)9-11-41(39)50(18-21-69-20-15-47(55)75-52-45(53)13-14-46(52)54)43(48)7-4-8-44-49(2,17-6-34-77(59,60)61)40-36-38(79(65,66)67)10-12-42(40)51(44)19-22-70-25-26-72-29-30-74-32-31-73-28-27-71-24-23-68-3/h4,7-12,35-36H,5-6,13-34H2,1-3H3,(H3-,56,57,58,59,60,61,62,63,64,65,66,67)/p+1. The van der Waals surface area contributed by atoms with Crippen molar-refractivity contribution in [3.8, 4) is 0 Å². The van der Waals surface area contributed by atoms with Gasteiger partial charge in [-0.25, -0.2) is 4.79 Å². The summed E-state index contributed by atoms with van der Waals surface area (Å²) in [4.78, 5) is 42.2. The van der Waals surface area contributed by atoms with E-state index in [9.17, 15) is 66.3 Å². The number of imide groups is 1. The maximum absolute atomic E-state index is 12.5. The summed E-state index contributed by atoms with van der Waals surface area (Å²) in [6.45, 7) is 6.88. The van der Waals surface area contributed by atoms with Crippen LogP contribution in [0.2, 0.25) is 0 Å². The minimum Gasteiger partial charge on any atom is -0.382 e. The molecule has 2 aromatic carbocycles. The van der Waals surface area contributed by atoms with Crippen LogP contribution < -0.4 is 4.90 Å². The Balaban J connectivity index is 1.44. The molecule has 2 unspecified atom stereocenters. The van der Waals surface area contributed by atoms with Crippen LogP contribution in [0.15, 0.2) is 70.1 Å². The number of nitrogens with zero attached hydrogens (tertiary/aromatic N) is 3. The van der Waals surface area contributed by atoms with E-state index in [2.05, 4.69) is 0 Å². The molecule has 3 heterocycles. The van der Waals surface area contributed by atoms with Crippen molar-refractivity contribution in [2.45, 2.75) is 79.4 Å². The van der Waals surface area contributed by atoms with E-state index in [0.29, 0.717) is 85.2 Å². The van der Waals surface area contributed by atoms with Crippen LogP contribution in [-0.2, 0) is 104 Å². The molecule has 0 aromatic heterocycles. The quantitative estimate of drug-likeness (QED) is 0.0327. The van der Waals surface area contributed by atoms with Gasteiger partial charge in [-0.1, -0.05) is 6.08 Å². The van der Waals surface area contributed by atoms with E-state index < -0.39 is 90.4 Å². The van der Waals surface area contributed by atoms with Crippen molar-refractivity contribution in [1.82, 2.24) is 5.06 Å². The van der Waals surface area contributed by atoms with Crippen molar-refractivity contribution >= 4 is 75.3 Å². The Kier molecular flexibility index (Phi) is 24.2. The molecule has 0 radical (unpaired) electrons. The van der Waals surface area contributed by atoms with Gasteiger partial charge in [0.15, 0.2) is 12.3 Å². The number of anilines is 1. The molecule has 0 aliphatic carbocycles. The van der Waals surface area contributed by atoms with Gasteiger partial charge in [0.05, 0.1) is 112 Å². The molecule has 442 valence electrons. The molecule has 5 rings (SSSR count). The number of methoxy groups -OCH3 is 1. The van der Waals surface area contributed by atoms with Gasteiger partial charge >= 0.3 is 5.97 Å². The van der Waals surface area contributed by atoms with E-state index in [1.165, 1.54) is 36.4 Å². The Bertz CT molecular complexity index is 3010. The Morgan fingerprint density at radius 2 is 1.11 bits per heavy atom. The van der Waals surface area contributed by atoms with Gasteiger partial charge in [0.1, 0.15) is 6.61 Å². The summed E-state index contributed by atoms with van der Waals surface area (Å²) in [5, 5.41) is 0.410. The first kappa shape index (κ1) is 65.2. The van der Waals surface area contributed by atoms with Gasteiger partial charge in [0, 0.05) is 61.0 Å². The van der Waals surface area contributed by atoms with E-state index in [1.807, 2.05) is 4.90 Å². The maximum atomic E-state index is 12.5. The highest BCUT2D eigenvalue weighted by Gasteiger charge is 2.49. The number of amides is 2. The topological polar surface area (TPSA) is 352 Å². The van der Waals surface area contributed by atoms with Crippen LogP contribution in [-0.4, -0.2) is 203 Å².